The Labute approximate surface area is 91.2 Å². The number of rotatable bonds is 6. The molecule has 0 aliphatic rings. The van der Waals surface area contributed by atoms with Gasteiger partial charge in [0.05, 0.1) is 0 Å². The molecule has 0 aliphatic heterocycles. The van der Waals surface area contributed by atoms with Crippen LogP contribution in [0.15, 0.2) is 0 Å². The van der Waals surface area contributed by atoms with Gasteiger partial charge in [-0.2, -0.15) is 11.8 Å². The monoisotopic (exact) mass is 218 g/mol. The van der Waals surface area contributed by atoms with Gasteiger partial charge in [0.25, 0.3) is 0 Å². The van der Waals surface area contributed by atoms with Crippen molar-refractivity contribution in [3.63, 3.8) is 0 Å². The first kappa shape index (κ1) is 13.8. The minimum absolute atomic E-state index is 0.0632. The summed E-state index contributed by atoms with van der Waals surface area (Å²) in [5.74, 6) is -0.0344. The molecule has 0 aliphatic carbocycles. The standard InChI is InChI=1S/C10H22N2OS/c1-7(14-4)5-6-12-10(13)8(2)9(3)11/h7-9H,5-6,11H2,1-4H3,(H,12,13). The lowest BCUT2D eigenvalue weighted by molar-refractivity contribution is -0.124. The molecule has 0 aromatic heterocycles. The maximum absolute atomic E-state index is 11.5. The van der Waals surface area contributed by atoms with Crippen LogP contribution in [0.1, 0.15) is 27.2 Å². The molecular weight excluding hydrogens is 196 g/mol. The van der Waals surface area contributed by atoms with Crippen molar-refractivity contribution >= 4 is 17.7 Å². The highest BCUT2D eigenvalue weighted by Gasteiger charge is 2.16. The molecule has 3 atom stereocenters. The Morgan fingerprint density at radius 2 is 2.00 bits per heavy atom. The van der Waals surface area contributed by atoms with Gasteiger partial charge in [-0.05, 0) is 19.6 Å². The molecule has 1 amide bonds. The number of carbonyl (C=O) groups excluding carboxylic acids is 1. The van der Waals surface area contributed by atoms with E-state index in [1.54, 1.807) is 0 Å². The summed E-state index contributed by atoms with van der Waals surface area (Å²) in [4.78, 5) is 11.5. The second-order valence-electron chi connectivity index (χ2n) is 3.77. The van der Waals surface area contributed by atoms with Crippen molar-refractivity contribution in [2.45, 2.75) is 38.5 Å². The Morgan fingerprint density at radius 3 is 2.43 bits per heavy atom. The smallest absolute Gasteiger partial charge is 0.224 e. The van der Waals surface area contributed by atoms with Crippen molar-refractivity contribution in [2.24, 2.45) is 11.7 Å². The molecule has 0 spiro atoms. The number of carbonyl (C=O) groups is 1. The van der Waals surface area contributed by atoms with E-state index in [0.29, 0.717) is 5.25 Å². The minimum Gasteiger partial charge on any atom is -0.356 e. The van der Waals surface area contributed by atoms with Gasteiger partial charge in [0, 0.05) is 23.8 Å². The summed E-state index contributed by atoms with van der Waals surface area (Å²) in [6.07, 6.45) is 3.09. The summed E-state index contributed by atoms with van der Waals surface area (Å²) >= 11 is 1.82. The second-order valence-corrected chi connectivity index (χ2v) is 5.05. The average Bonchev–Trinajstić information content (AvgIpc) is 2.15. The molecule has 0 aromatic rings. The first-order valence-corrected chi connectivity index (χ1v) is 6.34. The van der Waals surface area contributed by atoms with Crippen LogP contribution >= 0.6 is 11.8 Å². The quantitative estimate of drug-likeness (QED) is 0.705. The fourth-order valence-corrected chi connectivity index (χ4v) is 1.27. The predicted molar refractivity (Wildman–Crippen MR) is 63.4 cm³/mol. The van der Waals surface area contributed by atoms with Crippen molar-refractivity contribution in [1.29, 1.82) is 0 Å². The van der Waals surface area contributed by atoms with Crippen molar-refractivity contribution in [3.05, 3.63) is 0 Å². The topological polar surface area (TPSA) is 55.1 Å². The second kappa shape index (κ2) is 7.12. The molecule has 0 fully saturated rings. The van der Waals surface area contributed by atoms with E-state index in [2.05, 4.69) is 18.5 Å². The third-order valence-electron chi connectivity index (χ3n) is 2.45. The van der Waals surface area contributed by atoms with Crippen molar-refractivity contribution in [2.75, 3.05) is 12.8 Å². The maximum Gasteiger partial charge on any atom is 0.224 e. The van der Waals surface area contributed by atoms with Gasteiger partial charge in [-0.25, -0.2) is 0 Å². The fraction of sp³-hybridized carbons (Fsp3) is 0.900. The van der Waals surface area contributed by atoms with E-state index in [4.69, 9.17) is 5.73 Å². The highest BCUT2D eigenvalue weighted by Crippen LogP contribution is 2.08. The van der Waals surface area contributed by atoms with Gasteiger partial charge >= 0.3 is 0 Å². The molecule has 0 rings (SSSR count). The fourth-order valence-electron chi connectivity index (χ4n) is 0.916. The van der Waals surface area contributed by atoms with Gasteiger partial charge in [-0.3, -0.25) is 4.79 Å². The highest BCUT2D eigenvalue weighted by atomic mass is 32.2. The number of hydrogen-bond donors (Lipinski definition) is 2. The number of nitrogens with two attached hydrogens (primary N) is 1. The van der Waals surface area contributed by atoms with E-state index in [-0.39, 0.29) is 17.9 Å². The Morgan fingerprint density at radius 1 is 1.43 bits per heavy atom. The van der Waals surface area contributed by atoms with Gasteiger partial charge in [0.1, 0.15) is 0 Å². The summed E-state index contributed by atoms with van der Waals surface area (Å²) in [5, 5.41) is 3.49. The van der Waals surface area contributed by atoms with Crippen LogP contribution in [0.2, 0.25) is 0 Å². The normalized spacial score (nSPS) is 17.2. The molecule has 0 heterocycles. The zero-order valence-electron chi connectivity index (χ0n) is 9.54. The lowest BCUT2D eigenvalue weighted by atomic mass is 10.0. The number of nitrogens with one attached hydrogen (secondary N) is 1. The summed E-state index contributed by atoms with van der Waals surface area (Å²) in [5.41, 5.74) is 5.63. The van der Waals surface area contributed by atoms with E-state index < -0.39 is 0 Å². The number of thioether (sulfide) groups is 1. The lowest BCUT2D eigenvalue weighted by Gasteiger charge is -2.16. The van der Waals surface area contributed by atoms with Crippen molar-refractivity contribution in [1.82, 2.24) is 5.32 Å². The van der Waals surface area contributed by atoms with Crippen LogP contribution in [0, 0.1) is 5.92 Å². The summed E-state index contributed by atoms with van der Waals surface area (Å²) in [6.45, 7) is 6.62. The lowest BCUT2D eigenvalue weighted by Crippen LogP contribution is -2.39. The number of hydrogen-bond acceptors (Lipinski definition) is 3. The molecule has 3 N–H and O–H groups in total. The SMILES string of the molecule is CSC(C)CCNC(=O)C(C)C(C)N. The van der Waals surface area contributed by atoms with Gasteiger partial charge in [0.2, 0.25) is 5.91 Å². The van der Waals surface area contributed by atoms with E-state index in [0.717, 1.165) is 13.0 Å². The Balaban J connectivity index is 3.64. The molecule has 0 saturated heterocycles. The third kappa shape index (κ3) is 5.50. The van der Waals surface area contributed by atoms with Gasteiger partial charge < -0.3 is 11.1 Å². The summed E-state index contributed by atoms with van der Waals surface area (Å²) < 4.78 is 0. The first-order valence-electron chi connectivity index (χ1n) is 5.05. The summed E-state index contributed by atoms with van der Waals surface area (Å²) in [6, 6.07) is -0.0760. The Hall–Kier alpha value is -0.220. The van der Waals surface area contributed by atoms with Crippen molar-refractivity contribution in [3.8, 4) is 0 Å². The molecule has 0 bridgehead atoms. The van der Waals surface area contributed by atoms with Crippen LogP contribution in [0.3, 0.4) is 0 Å². The molecule has 3 unspecified atom stereocenters. The van der Waals surface area contributed by atoms with Crippen LogP contribution in [0.25, 0.3) is 0 Å². The van der Waals surface area contributed by atoms with Crippen LogP contribution in [0.5, 0.6) is 0 Å². The van der Waals surface area contributed by atoms with Gasteiger partial charge in [-0.15, -0.1) is 0 Å². The van der Waals surface area contributed by atoms with Crippen LogP contribution in [-0.4, -0.2) is 30.0 Å². The predicted octanol–water partition coefficient (Wildman–Crippen LogP) is 1.23. The van der Waals surface area contributed by atoms with E-state index in [1.807, 2.05) is 25.6 Å². The molecule has 14 heavy (non-hydrogen) atoms. The van der Waals surface area contributed by atoms with Crippen LogP contribution in [-0.2, 0) is 4.79 Å². The van der Waals surface area contributed by atoms with Crippen LogP contribution < -0.4 is 11.1 Å². The third-order valence-corrected chi connectivity index (χ3v) is 3.50. The zero-order chi connectivity index (χ0) is 11.1. The molecule has 3 nitrogen and oxygen atoms in total. The molecule has 0 saturated carbocycles. The average molecular weight is 218 g/mol. The number of amides is 1. The Bertz CT molecular complexity index is 174. The highest BCUT2D eigenvalue weighted by molar-refractivity contribution is 7.99. The molecule has 0 radical (unpaired) electrons. The van der Waals surface area contributed by atoms with E-state index in [9.17, 15) is 4.79 Å². The molecule has 0 aromatic carbocycles. The zero-order valence-corrected chi connectivity index (χ0v) is 10.4. The first-order chi connectivity index (χ1) is 6.49. The largest absolute Gasteiger partial charge is 0.356 e. The Kier molecular flexibility index (Phi) is 7.01. The molecule has 4 heteroatoms. The van der Waals surface area contributed by atoms with Gasteiger partial charge in [-0.1, -0.05) is 13.8 Å². The molecule has 84 valence electrons. The maximum atomic E-state index is 11.5. The van der Waals surface area contributed by atoms with Crippen molar-refractivity contribution < 1.29 is 4.79 Å². The van der Waals surface area contributed by atoms with E-state index in [1.165, 1.54) is 0 Å². The van der Waals surface area contributed by atoms with Gasteiger partial charge in [0.15, 0.2) is 0 Å². The molecular formula is C10H22N2OS. The van der Waals surface area contributed by atoms with E-state index >= 15 is 0 Å². The minimum atomic E-state index is -0.0976. The van der Waals surface area contributed by atoms with Crippen LogP contribution in [0.4, 0.5) is 0 Å². The summed E-state index contributed by atoms with van der Waals surface area (Å²) in [7, 11) is 0.